The molecule has 3 heterocycles. The predicted molar refractivity (Wildman–Crippen MR) is 103 cm³/mol. The Hall–Kier alpha value is -1.87. The highest BCUT2D eigenvalue weighted by Gasteiger charge is 2.40. The van der Waals surface area contributed by atoms with Gasteiger partial charge in [0.2, 0.25) is 11.8 Å². The van der Waals surface area contributed by atoms with Crippen molar-refractivity contribution in [3.8, 4) is 0 Å². The maximum absolute atomic E-state index is 12.5. The third-order valence-electron chi connectivity index (χ3n) is 4.30. The van der Waals surface area contributed by atoms with E-state index in [0.29, 0.717) is 22.3 Å². The van der Waals surface area contributed by atoms with Gasteiger partial charge in [-0.3, -0.25) is 19.5 Å². The number of fused-ring (bicyclic) bond motifs is 1. The molecule has 1 atom stereocenters. The molecule has 0 aliphatic carbocycles. The highest BCUT2D eigenvalue weighted by Crippen LogP contribution is 2.35. The number of rotatable bonds is 5. The van der Waals surface area contributed by atoms with Crippen LogP contribution in [0.15, 0.2) is 4.99 Å². The van der Waals surface area contributed by atoms with Crippen molar-refractivity contribution in [2.24, 2.45) is 4.99 Å². The first kappa shape index (κ1) is 18.9. The van der Waals surface area contributed by atoms with Gasteiger partial charge in [0.15, 0.2) is 5.17 Å². The van der Waals surface area contributed by atoms with E-state index in [0.717, 1.165) is 23.4 Å². The van der Waals surface area contributed by atoms with Crippen LogP contribution in [0, 0.1) is 13.8 Å². The average molecular weight is 396 g/mol. The summed E-state index contributed by atoms with van der Waals surface area (Å²) in [5, 5.41) is 3.53. The third kappa shape index (κ3) is 3.64. The maximum atomic E-state index is 12.5. The number of anilines is 1. The first-order valence-electron chi connectivity index (χ1n) is 8.51. The number of ether oxygens (including phenoxy) is 1. The largest absolute Gasteiger partial charge is 0.462 e. The molecule has 1 aromatic rings. The van der Waals surface area contributed by atoms with Crippen molar-refractivity contribution in [2.75, 3.05) is 25.0 Å². The van der Waals surface area contributed by atoms with Crippen molar-refractivity contribution >= 4 is 51.1 Å². The van der Waals surface area contributed by atoms with Crippen LogP contribution >= 0.6 is 23.1 Å². The van der Waals surface area contributed by atoms with Crippen LogP contribution in [-0.4, -0.2) is 52.8 Å². The number of amidine groups is 1. The Kier molecular flexibility index (Phi) is 5.67. The quantitative estimate of drug-likeness (QED) is 0.774. The van der Waals surface area contributed by atoms with Gasteiger partial charge >= 0.3 is 5.97 Å². The summed E-state index contributed by atoms with van der Waals surface area (Å²) in [6.45, 7) is 7.13. The normalized spacial score (nSPS) is 19.2. The summed E-state index contributed by atoms with van der Waals surface area (Å²) < 4.78 is 5.09. The lowest BCUT2D eigenvalue weighted by Crippen LogP contribution is -2.36. The summed E-state index contributed by atoms with van der Waals surface area (Å²) in [4.78, 5) is 44.1. The zero-order valence-corrected chi connectivity index (χ0v) is 16.6. The Morgan fingerprint density at radius 2 is 2.15 bits per heavy atom. The van der Waals surface area contributed by atoms with Gasteiger partial charge in [-0.2, -0.15) is 0 Å². The van der Waals surface area contributed by atoms with Crippen LogP contribution in [0.5, 0.6) is 0 Å². The smallest absolute Gasteiger partial charge is 0.341 e. The molecule has 3 rings (SSSR count). The summed E-state index contributed by atoms with van der Waals surface area (Å²) >= 11 is 2.69. The Morgan fingerprint density at radius 1 is 1.38 bits per heavy atom. The minimum Gasteiger partial charge on any atom is -0.462 e. The molecule has 0 bridgehead atoms. The van der Waals surface area contributed by atoms with Crippen LogP contribution in [0.4, 0.5) is 5.00 Å². The molecule has 140 valence electrons. The van der Waals surface area contributed by atoms with Gasteiger partial charge in [0.1, 0.15) is 10.3 Å². The Balaban J connectivity index is 1.70. The fourth-order valence-corrected chi connectivity index (χ4v) is 5.14. The molecule has 0 spiro atoms. The Labute approximate surface area is 160 Å². The molecule has 0 saturated carbocycles. The molecule has 1 fully saturated rings. The summed E-state index contributed by atoms with van der Waals surface area (Å²) in [5.74, 6) is -0.793. The van der Waals surface area contributed by atoms with Gasteiger partial charge in [-0.25, -0.2) is 4.79 Å². The molecule has 9 heteroatoms. The molecular formula is C17H21N3O4S2. The average Bonchev–Trinajstić information content (AvgIpc) is 3.05. The standard InChI is InChI=1S/C17H21N3O4S2/c1-4-24-16(23)13-9(2)10(3)25-14(13)19-12(21)8-11-15(22)20-7-5-6-18-17(20)26-11/h11H,4-8H2,1-3H3,(H,19,21). The third-order valence-corrected chi connectivity index (χ3v) is 6.63. The van der Waals surface area contributed by atoms with Crippen LogP contribution in [0.25, 0.3) is 0 Å². The second-order valence-corrected chi connectivity index (χ2v) is 8.47. The number of thioether (sulfide) groups is 1. The van der Waals surface area contributed by atoms with E-state index >= 15 is 0 Å². The van der Waals surface area contributed by atoms with E-state index in [1.165, 1.54) is 23.1 Å². The summed E-state index contributed by atoms with van der Waals surface area (Å²) in [5.41, 5.74) is 1.21. The number of hydrogen-bond donors (Lipinski definition) is 1. The molecule has 0 aromatic carbocycles. The van der Waals surface area contributed by atoms with Crippen molar-refractivity contribution < 1.29 is 19.1 Å². The highest BCUT2D eigenvalue weighted by molar-refractivity contribution is 8.15. The molecule has 0 radical (unpaired) electrons. The number of esters is 1. The predicted octanol–water partition coefficient (Wildman–Crippen LogP) is 2.57. The van der Waals surface area contributed by atoms with Gasteiger partial charge in [0, 0.05) is 24.4 Å². The van der Waals surface area contributed by atoms with E-state index < -0.39 is 11.2 Å². The number of carbonyl (C=O) groups is 3. The second kappa shape index (κ2) is 7.79. The lowest BCUT2D eigenvalue weighted by molar-refractivity contribution is -0.128. The number of hydrogen-bond acceptors (Lipinski definition) is 7. The van der Waals surface area contributed by atoms with Gasteiger partial charge in [0.05, 0.1) is 12.2 Å². The minimum absolute atomic E-state index is 0.0529. The van der Waals surface area contributed by atoms with Crippen molar-refractivity contribution in [3.63, 3.8) is 0 Å². The van der Waals surface area contributed by atoms with E-state index in [2.05, 4.69) is 10.3 Å². The summed E-state index contributed by atoms with van der Waals surface area (Å²) in [6.07, 6.45) is 0.905. The van der Waals surface area contributed by atoms with E-state index in [1.807, 2.05) is 13.8 Å². The van der Waals surface area contributed by atoms with Crippen LogP contribution in [0.1, 0.15) is 40.6 Å². The maximum Gasteiger partial charge on any atom is 0.341 e. The number of aryl methyl sites for hydroxylation is 1. The zero-order valence-electron chi connectivity index (χ0n) is 15.0. The van der Waals surface area contributed by atoms with Crippen LogP contribution < -0.4 is 5.32 Å². The molecule has 1 aromatic heterocycles. The number of nitrogens with zero attached hydrogens (tertiary/aromatic N) is 2. The fourth-order valence-electron chi connectivity index (χ4n) is 2.88. The monoisotopic (exact) mass is 395 g/mol. The van der Waals surface area contributed by atoms with Gasteiger partial charge in [-0.1, -0.05) is 11.8 Å². The Morgan fingerprint density at radius 3 is 2.85 bits per heavy atom. The molecule has 1 N–H and O–H groups in total. The molecular weight excluding hydrogens is 374 g/mol. The topological polar surface area (TPSA) is 88.1 Å². The van der Waals surface area contributed by atoms with Crippen LogP contribution in [0.3, 0.4) is 0 Å². The number of carbonyl (C=O) groups excluding carboxylic acids is 3. The van der Waals surface area contributed by atoms with E-state index in [1.54, 1.807) is 11.8 Å². The lowest BCUT2D eigenvalue weighted by Gasteiger charge is -2.19. The fraction of sp³-hybridized carbons (Fsp3) is 0.529. The van der Waals surface area contributed by atoms with Crippen molar-refractivity contribution in [1.29, 1.82) is 0 Å². The second-order valence-electron chi connectivity index (χ2n) is 6.07. The minimum atomic E-state index is -0.458. The van der Waals surface area contributed by atoms with E-state index in [4.69, 9.17) is 4.74 Å². The lowest BCUT2D eigenvalue weighted by atomic mass is 10.1. The molecule has 1 unspecified atom stereocenters. The van der Waals surface area contributed by atoms with Gasteiger partial charge in [0.25, 0.3) is 0 Å². The number of nitrogens with one attached hydrogen (secondary N) is 1. The van der Waals surface area contributed by atoms with Crippen molar-refractivity contribution in [3.05, 3.63) is 16.0 Å². The number of amides is 2. The highest BCUT2D eigenvalue weighted by atomic mass is 32.2. The molecule has 7 nitrogen and oxygen atoms in total. The van der Waals surface area contributed by atoms with Gasteiger partial charge in [-0.05, 0) is 32.8 Å². The molecule has 26 heavy (non-hydrogen) atoms. The Bertz CT molecular complexity index is 787. The van der Waals surface area contributed by atoms with Crippen molar-refractivity contribution in [2.45, 2.75) is 38.9 Å². The van der Waals surface area contributed by atoms with E-state index in [9.17, 15) is 14.4 Å². The van der Waals surface area contributed by atoms with Gasteiger partial charge in [-0.15, -0.1) is 11.3 Å². The van der Waals surface area contributed by atoms with Gasteiger partial charge < -0.3 is 10.1 Å². The summed E-state index contributed by atoms with van der Waals surface area (Å²) in [6, 6.07) is 0. The first-order valence-corrected chi connectivity index (χ1v) is 10.2. The van der Waals surface area contributed by atoms with Crippen molar-refractivity contribution in [1.82, 2.24) is 4.90 Å². The zero-order chi connectivity index (χ0) is 18.8. The number of thiophene rings is 1. The van der Waals surface area contributed by atoms with E-state index in [-0.39, 0.29) is 24.8 Å². The number of aliphatic imine (C=N–C) groups is 1. The summed E-state index contributed by atoms with van der Waals surface area (Å²) in [7, 11) is 0. The molecule has 2 amide bonds. The van der Waals surface area contributed by atoms with Crippen LogP contribution in [0.2, 0.25) is 0 Å². The molecule has 2 aliphatic heterocycles. The first-order chi connectivity index (χ1) is 12.4. The molecule has 2 aliphatic rings. The van der Waals surface area contributed by atoms with Crippen LogP contribution in [-0.2, 0) is 14.3 Å². The molecule has 1 saturated heterocycles. The SMILES string of the molecule is CCOC(=O)c1c(NC(=O)CC2SC3=NCCCN3C2=O)sc(C)c1C.